The van der Waals surface area contributed by atoms with Gasteiger partial charge in [0.2, 0.25) is 11.9 Å². The number of nitrogens with zero attached hydrogens (tertiary/aromatic N) is 3. The number of imidazole rings is 1. The second-order valence-corrected chi connectivity index (χ2v) is 5.00. The van der Waals surface area contributed by atoms with E-state index >= 15 is 0 Å². The Bertz CT molecular complexity index is 664. The van der Waals surface area contributed by atoms with Crippen LogP contribution in [0.25, 0.3) is 11.0 Å². The van der Waals surface area contributed by atoms with Gasteiger partial charge in [-0.15, -0.1) is 0 Å². The Morgan fingerprint density at radius 3 is 2.90 bits per heavy atom. The van der Waals surface area contributed by atoms with Gasteiger partial charge in [0.25, 0.3) is 0 Å². The molecule has 0 radical (unpaired) electrons. The lowest BCUT2D eigenvalue weighted by Crippen LogP contribution is -2.41. The predicted octanol–water partition coefficient (Wildman–Crippen LogP) is 1.01. The van der Waals surface area contributed by atoms with Crippen LogP contribution in [0.15, 0.2) is 18.2 Å². The van der Waals surface area contributed by atoms with Crippen LogP contribution in [0.5, 0.6) is 0 Å². The summed E-state index contributed by atoms with van der Waals surface area (Å²) in [6, 6.07) is 4.34. The van der Waals surface area contributed by atoms with E-state index in [2.05, 4.69) is 4.98 Å². The number of anilines is 1. The highest BCUT2D eigenvalue weighted by Gasteiger charge is 2.17. The summed E-state index contributed by atoms with van der Waals surface area (Å²) in [5, 5.41) is 0. The number of carbonyl (C=O) groups excluding carboxylic acids is 1. The molecule has 112 valence electrons. The maximum atomic E-state index is 13.2. The number of aromatic nitrogens is 2. The number of carbonyl (C=O) groups is 1. The van der Waals surface area contributed by atoms with Crippen molar-refractivity contribution in [1.82, 2.24) is 14.5 Å². The average molecular weight is 292 g/mol. The minimum Gasteiger partial charge on any atom is -0.378 e. The minimum absolute atomic E-state index is 0.0710. The van der Waals surface area contributed by atoms with E-state index in [-0.39, 0.29) is 11.7 Å². The molecule has 0 aliphatic carbocycles. The standard InChI is InChI=1S/C14H17FN4O2/c15-10-1-2-12-11(9-10)17-14(16)19(12)4-3-13(20)18-5-7-21-8-6-18/h1-2,9H,3-8H2,(H2,16,17). The lowest BCUT2D eigenvalue weighted by atomic mass is 10.3. The highest BCUT2D eigenvalue weighted by atomic mass is 19.1. The minimum atomic E-state index is -0.350. The van der Waals surface area contributed by atoms with E-state index in [1.54, 1.807) is 15.5 Å². The largest absolute Gasteiger partial charge is 0.378 e. The first kappa shape index (κ1) is 13.8. The Hall–Kier alpha value is -2.15. The highest BCUT2D eigenvalue weighted by Crippen LogP contribution is 2.19. The number of nitrogen functional groups attached to an aromatic ring is 1. The Morgan fingerprint density at radius 1 is 1.38 bits per heavy atom. The second kappa shape index (κ2) is 5.69. The van der Waals surface area contributed by atoms with Gasteiger partial charge in [0, 0.05) is 32.1 Å². The Morgan fingerprint density at radius 2 is 2.14 bits per heavy atom. The molecule has 2 heterocycles. The highest BCUT2D eigenvalue weighted by molar-refractivity contribution is 5.79. The van der Waals surface area contributed by atoms with Crippen molar-refractivity contribution in [3.63, 3.8) is 0 Å². The van der Waals surface area contributed by atoms with Gasteiger partial charge in [0.15, 0.2) is 0 Å². The van der Waals surface area contributed by atoms with Crippen molar-refractivity contribution >= 4 is 22.9 Å². The molecule has 2 aromatic rings. The van der Waals surface area contributed by atoms with Crippen molar-refractivity contribution in [2.75, 3.05) is 32.0 Å². The molecule has 21 heavy (non-hydrogen) atoms. The fraction of sp³-hybridized carbons (Fsp3) is 0.429. The van der Waals surface area contributed by atoms with E-state index in [1.165, 1.54) is 12.1 Å². The fourth-order valence-electron chi connectivity index (χ4n) is 2.53. The molecule has 0 unspecified atom stereocenters. The van der Waals surface area contributed by atoms with Crippen LogP contribution in [-0.2, 0) is 16.1 Å². The van der Waals surface area contributed by atoms with Crippen molar-refractivity contribution in [2.45, 2.75) is 13.0 Å². The number of aryl methyl sites for hydroxylation is 1. The smallest absolute Gasteiger partial charge is 0.224 e. The second-order valence-electron chi connectivity index (χ2n) is 5.00. The van der Waals surface area contributed by atoms with Crippen LogP contribution in [0.3, 0.4) is 0 Å². The summed E-state index contributed by atoms with van der Waals surface area (Å²) < 4.78 is 20.1. The molecule has 6 nitrogen and oxygen atoms in total. The van der Waals surface area contributed by atoms with Gasteiger partial charge >= 0.3 is 0 Å². The first-order valence-corrected chi connectivity index (χ1v) is 6.92. The molecule has 1 aliphatic heterocycles. The van der Waals surface area contributed by atoms with E-state index < -0.39 is 0 Å². The van der Waals surface area contributed by atoms with Gasteiger partial charge < -0.3 is 19.9 Å². The number of morpholine rings is 1. The number of amides is 1. The summed E-state index contributed by atoms with van der Waals surface area (Å²) in [6.07, 6.45) is 0.340. The van der Waals surface area contributed by atoms with Crippen LogP contribution in [0.1, 0.15) is 6.42 Å². The maximum absolute atomic E-state index is 13.2. The summed E-state index contributed by atoms with van der Waals surface area (Å²) in [5.74, 6) is 0.0172. The molecule has 1 aromatic heterocycles. The maximum Gasteiger partial charge on any atom is 0.224 e. The number of ether oxygens (including phenoxy) is 1. The molecule has 1 saturated heterocycles. The van der Waals surface area contributed by atoms with Crippen LogP contribution in [-0.4, -0.2) is 46.7 Å². The number of nitrogens with two attached hydrogens (primary N) is 1. The zero-order chi connectivity index (χ0) is 14.8. The molecular weight excluding hydrogens is 275 g/mol. The van der Waals surface area contributed by atoms with E-state index in [0.717, 1.165) is 5.52 Å². The molecular formula is C14H17FN4O2. The molecule has 2 N–H and O–H groups in total. The molecule has 1 aromatic carbocycles. The van der Waals surface area contributed by atoms with Gasteiger partial charge in [0.05, 0.1) is 24.2 Å². The summed E-state index contributed by atoms with van der Waals surface area (Å²) in [7, 11) is 0. The molecule has 7 heteroatoms. The molecule has 0 spiro atoms. The summed E-state index contributed by atoms with van der Waals surface area (Å²) >= 11 is 0. The quantitative estimate of drug-likeness (QED) is 0.916. The van der Waals surface area contributed by atoms with Crippen LogP contribution >= 0.6 is 0 Å². The van der Waals surface area contributed by atoms with E-state index in [9.17, 15) is 9.18 Å². The molecule has 3 rings (SSSR count). The average Bonchev–Trinajstić information content (AvgIpc) is 2.80. The lowest BCUT2D eigenvalue weighted by molar-refractivity contribution is -0.135. The summed E-state index contributed by atoms with van der Waals surface area (Å²) in [5.41, 5.74) is 7.10. The number of benzene rings is 1. The third-order valence-electron chi connectivity index (χ3n) is 3.65. The number of rotatable bonds is 3. The number of hydrogen-bond donors (Lipinski definition) is 1. The van der Waals surface area contributed by atoms with Gasteiger partial charge in [-0.2, -0.15) is 0 Å². The van der Waals surface area contributed by atoms with E-state index in [1.807, 2.05) is 0 Å². The fourth-order valence-corrected chi connectivity index (χ4v) is 2.53. The molecule has 1 fully saturated rings. The SMILES string of the molecule is Nc1nc2cc(F)ccc2n1CCC(=O)N1CCOCC1. The zero-order valence-electron chi connectivity index (χ0n) is 11.6. The Balaban J connectivity index is 1.72. The van der Waals surface area contributed by atoms with Gasteiger partial charge in [-0.05, 0) is 12.1 Å². The van der Waals surface area contributed by atoms with Crippen molar-refractivity contribution in [1.29, 1.82) is 0 Å². The zero-order valence-corrected chi connectivity index (χ0v) is 11.6. The van der Waals surface area contributed by atoms with Crippen LogP contribution in [0, 0.1) is 5.82 Å². The molecule has 0 atom stereocenters. The van der Waals surface area contributed by atoms with Crippen LogP contribution < -0.4 is 5.73 Å². The van der Waals surface area contributed by atoms with Gasteiger partial charge in [-0.1, -0.05) is 0 Å². The van der Waals surface area contributed by atoms with Crippen LogP contribution in [0.2, 0.25) is 0 Å². The molecule has 0 bridgehead atoms. The number of hydrogen-bond acceptors (Lipinski definition) is 4. The summed E-state index contributed by atoms with van der Waals surface area (Å²) in [6.45, 7) is 2.86. The van der Waals surface area contributed by atoms with E-state index in [0.29, 0.717) is 50.7 Å². The third kappa shape index (κ3) is 2.82. The summed E-state index contributed by atoms with van der Waals surface area (Å²) in [4.78, 5) is 18.0. The lowest BCUT2D eigenvalue weighted by Gasteiger charge is -2.27. The monoisotopic (exact) mass is 292 g/mol. The van der Waals surface area contributed by atoms with Gasteiger partial charge in [-0.25, -0.2) is 9.37 Å². The van der Waals surface area contributed by atoms with Crippen molar-refractivity contribution in [2.24, 2.45) is 0 Å². The van der Waals surface area contributed by atoms with Crippen molar-refractivity contribution in [3.8, 4) is 0 Å². The predicted molar refractivity (Wildman–Crippen MR) is 76.1 cm³/mol. The molecule has 1 aliphatic rings. The Labute approximate surface area is 121 Å². The third-order valence-corrected chi connectivity index (χ3v) is 3.65. The van der Waals surface area contributed by atoms with Crippen molar-refractivity contribution < 1.29 is 13.9 Å². The first-order chi connectivity index (χ1) is 10.1. The number of fused-ring (bicyclic) bond motifs is 1. The molecule has 0 saturated carbocycles. The topological polar surface area (TPSA) is 73.4 Å². The van der Waals surface area contributed by atoms with E-state index in [4.69, 9.17) is 10.5 Å². The Kier molecular flexibility index (Phi) is 3.74. The normalized spacial score (nSPS) is 15.6. The van der Waals surface area contributed by atoms with Gasteiger partial charge in [0.1, 0.15) is 5.82 Å². The molecule has 1 amide bonds. The first-order valence-electron chi connectivity index (χ1n) is 6.92. The number of halogens is 1. The van der Waals surface area contributed by atoms with Crippen molar-refractivity contribution in [3.05, 3.63) is 24.0 Å². The van der Waals surface area contributed by atoms with Gasteiger partial charge in [-0.3, -0.25) is 4.79 Å². The van der Waals surface area contributed by atoms with Crippen LogP contribution in [0.4, 0.5) is 10.3 Å².